The molecule has 1 unspecified atom stereocenters. The number of para-hydroxylation sites is 1. The lowest BCUT2D eigenvalue weighted by molar-refractivity contribution is 0.0925. The highest BCUT2D eigenvalue weighted by molar-refractivity contribution is 7.98. The predicted octanol–water partition coefficient (Wildman–Crippen LogP) is 4.19. The van der Waals surface area contributed by atoms with Gasteiger partial charge in [0.25, 0.3) is 5.91 Å². The summed E-state index contributed by atoms with van der Waals surface area (Å²) in [6.07, 6.45) is 0.800. The monoisotopic (exact) mass is 327 g/mol. The first-order valence-electron chi connectivity index (χ1n) is 7.97. The van der Waals surface area contributed by atoms with Gasteiger partial charge in [-0.1, -0.05) is 37.3 Å². The van der Waals surface area contributed by atoms with Gasteiger partial charge in [-0.05, 0) is 29.5 Å². The van der Waals surface area contributed by atoms with E-state index in [-0.39, 0.29) is 11.9 Å². The van der Waals surface area contributed by atoms with E-state index >= 15 is 0 Å². The number of nitrogens with one attached hydrogen (secondary N) is 1. The summed E-state index contributed by atoms with van der Waals surface area (Å²) in [6.45, 7) is 2.79. The number of amides is 1. The van der Waals surface area contributed by atoms with Crippen molar-refractivity contribution in [1.29, 1.82) is 0 Å². The van der Waals surface area contributed by atoms with Gasteiger partial charge in [0.15, 0.2) is 0 Å². The summed E-state index contributed by atoms with van der Waals surface area (Å²) < 4.78 is 5.64. The third kappa shape index (κ3) is 3.88. The lowest BCUT2D eigenvalue weighted by atomic mass is 10.00. The predicted molar refractivity (Wildman–Crippen MR) is 95.0 cm³/mol. The molecule has 120 valence electrons. The molecule has 0 radical (unpaired) electrons. The fourth-order valence-corrected chi connectivity index (χ4v) is 3.34. The van der Waals surface area contributed by atoms with Gasteiger partial charge >= 0.3 is 0 Å². The highest BCUT2D eigenvalue weighted by atomic mass is 32.2. The molecule has 0 aromatic heterocycles. The van der Waals surface area contributed by atoms with Gasteiger partial charge in [0, 0.05) is 23.3 Å². The molecule has 1 N–H and O–H groups in total. The number of carbonyl (C=O) groups is 1. The van der Waals surface area contributed by atoms with Crippen molar-refractivity contribution in [2.75, 3.05) is 12.4 Å². The first kappa shape index (κ1) is 15.9. The van der Waals surface area contributed by atoms with Gasteiger partial charge in [-0.15, -0.1) is 0 Å². The van der Waals surface area contributed by atoms with Gasteiger partial charge in [-0.2, -0.15) is 11.8 Å². The van der Waals surface area contributed by atoms with Crippen molar-refractivity contribution in [2.24, 2.45) is 0 Å². The molecule has 0 saturated heterocycles. The molecule has 0 spiro atoms. The van der Waals surface area contributed by atoms with Crippen molar-refractivity contribution in [3.8, 4) is 5.75 Å². The Labute approximate surface area is 141 Å². The minimum Gasteiger partial charge on any atom is -0.493 e. The molecule has 0 fully saturated rings. The van der Waals surface area contributed by atoms with Gasteiger partial charge in [0.1, 0.15) is 5.75 Å². The van der Waals surface area contributed by atoms with Crippen LogP contribution in [-0.4, -0.2) is 18.3 Å². The van der Waals surface area contributed by atoms with Crippen LogP contribution in [-0.2, 0) is 5.75 Å². The topological polar surface area (TPSA) is 38.3 Å². The van der Waals surface area contributed by atoms with Crippen LogP contribution in [0.4, 0.5) is 0 Å². The number of carbonyl (C=O) groups excluding carboxylic acids is 1. The van der Waals surface area contributed by atoms with Crippen molar-refractivity contribution in [2.45, 2.75) is 25.1 Å². The molecule has 1 amide bonds. The van der Waals surface area contributed by atoms with Crippen molar-refractivity contribution >= 4 is 17.7 Å². The van der Waals surface area contributed by atoms with Crippen molar-refractivity contribution in [3.05, 3.63) is 65.2 Å². The van der Waals surface area contributed by atoms with E-state index in [9.17, 15) is 4.79 Å². The van der Waals surface area contributed by atoms with E-state index in [2.05, 4.69) is 12.2 Å². The quantitative estimate of drug-likeness (QED) is 0.895. The minimum absolute atomic E-state index is 0.0165. The van der Waals surface area contributed by atoms with Crippen molar-refractivity contribution < 1.29 is 9.53 Å². The SMILES string of the molecule is CCSCc1ccc(C(=O)NC2CCOc3ccccc32)cc1. The Bertz CT molecular complexity index is 669. The van der Waals surface area contributed by atoms with Gasteiger partial charge in [-0.3, -0.25) is 4.79 Å². The zero-order valence-corrected chi connectivity index (χ0v) is 14.1. The van der Waals surface area contributed by atoms with Crippen LogP contribution in [0.15, 0.2) is 48.5 Å². The van der Waals surface area contributed by atoms with E-state index in [1.54, 1.807) is 0 Å². The van der Waals surface area contributed by atoms with E-state index in [4.69, 9.17) is 4.74 Å². The minimum atomic E-state index is -0.0265. The van der Waals surface area contributed by atoms with Crippen molar-refractivity contribution in [1.82, 2.24) is 5.32 Å². The molecule has 23 heavy (non-hydrogen) atoms. The standard InChI is InChI=1S/C19H21NO2S/c1-2-23-13-14-7-9-15(10-8-14)19(21)20-17-11-12-22-18-6-4-3-5-16(17)18/h3-10,17H,2,11-13H2,1H3,(H,20,21). The van der Waals surface area contributed by atoms with E-state index in [1.807, 2.05) is 60.3 Å². The first-order chi connectivity index (χ1) is 11.3. The maximum absolute atomic E-state index is 12.5. The second kappa shape index (κ2) is 7.55. The van der Waals surface area contributed by atoms with Crippen LogP contribution in [0.1, 0.15) is 40.9 Å². The molecule has 2 aromatic carbocycles. The second-order valence-corrected chi connectivity index (χ2v) is 6.81. The van der Waals surface area contributed by atoms with Crippen LogP contribution in [0.2, 0.25) is 0 Å². The maximum atomic E-state index is 12.5. The highest BCUT2D eigenvalue weighted by Crippen LogP contribution is 2.31. The van der Waals surface area contributed by atoms with E-state index in [0.717, 1.165) is 29.2 Å². The Morgan fingerprint density at radius 1 is 1.22 bits per heavy atom. The fourth-order valence-electron chi connectivity index (χ4n) is 2.71. The Morgan fingerprint density at radius 3 is 2.78 bits per heavy atom. The number of thioether (sulfide) groups is 1. The van der Waals surface area contributed by atoms with E-state index in [0.29, 0.717) is 12.2 Å². The Morgan fingerprint density at radius 2 is 2.00 bits per heavy atom. The fraction of sp³-hybridized carbons (Fsp3) is 0.316. The van der Waals surface area contributed by atoms with E-state index < -0.39 is 0 Å². The molecule has 3 nitrogen and oxygen atoms in total. The molecule has 1 atom stereocenters. The summed E-state index contributed by atoms with van der Waals surface area (Å²) >= 11 is 1.88. The third-order valence-electron chi connectivity index (χ3n) is 3.95. The molecule has 0 saturated carbocycles. The van der Waals surface area contributed by atoms with Crippen LogP contribution in [0, 0.1) is 0 Å². The zero-order valence-electron chi connectivity index (χ0n) is 13.2. The maximum Gasteiger partial charge on any atom is 0.251 e. The van der Waals surface area contributed by atoms with Gasteiger partial charge in [-0.25, -0.2) is 0 Å². The summed E-state index contributed by atoms with van der Waals surface area (Å²) in [6, 6.07) is 15.8. The highest BCUT2D eigenvalue weighted by Gasteiger charge is 2.22. The van der Waals surface area contributed by atoms with Gasteiger partial charge < -0.3 is 10.1 Å². The van der Waals surface area contributed by atoms with Crippen molar-refractivity contribution in [3.63, 3.8) is 0 Å². The molecule has 1 heterocycles. The smallest absolute Gasteiger partial charge is 0.251 e. The molecule has 0 aliphatic carbocycles. The molecule has 4 heteroatoms. The summed E-state index contributed by atoms with van der Waals surface area (Å²) in [4.78, 5) is 12.5. The molecule has 0 bridgehead atoms. The Balaban J connectivity index is 1.68. The summed E-state index contributed by atoms with van der Waals surface area (Å²) in [5.74, 6) is 2.94. The number of hydrogen-bond acceptors (Lipinski definition) is 3. The van der Waals surface area contributed by atoms with Crippen LogP contribution in [0.3, 0.4) is 0 Å². The number of fused-ring (bicyclic) bond motifs is 1. The van der Waals surface area contributed by atoms with Gasteiger partial charge in [0.05, 0.1) is 12.6 Å². The number of rotatable bonds is 5. The molecule has 3 rings (SSSR count). The second-order valence-electron chi connectivity index (χ2n) is 5.54. The normalized spacial score (nSPS) is 16.3. The van der Waals surface area contributed by atoms with Gasteiger partial charge in [0.2, 0.25) is 0 Å². The third-order valence-corrected chi connectivity index (χ3v) is 4.90. The molecule has 1 aliphatic rings. The van der Waals surface area contributed by atoms with Crippen LogP contribution in [0.5, 0.6) is 5.75 Å². The molecular weight excluding hydrogens is 306 g/mol. The lowest BCUT2D eigenvalue weighted by Gasteiger charge is -2.26. The Kier molecular flexibility index (Phi) is 5.23. The lowest BCUT2D eigenvalue weighted by Crippen LogP contribution is -2.32. The number of ether oxygens (including phenoxy) is 1. The molecular formula is C19H21NO2S. The molecule has 2 aromatic rings. The summed E-state index contributed by atoms with van der Waals surface area (Å²) in [7, 11) is 0. The van der Waals surface area contributed by atoms with Crippen LogP contribution in [0.25, 0.3) is 0 Å². The van der Waals surface area contributed by atoms with Crippen LogP contribution >= 0.6 is 11.8 Å². The average molecular weight is 327 g/mol. The first-order valence-corrected chi connectivity index (χ1v) is 9.12. The largest absolute Gasteiger partial charge is 0.493 e. The average Bonchev–Trinajstić information content (AvgIpc) is 2.60. The van der Waals surface area contributed by atoms with Crippen LogP contribution < -0.4 is 10.1 Å². The zero-order chi connectivity index (χ0) is 16.1. The Hall–Kier alpha value is -1.94. The van der Waals surface area contributed by atoms with E-state index in [1.165, 1.54) is 5.56 Å². The number of hydrogen-bond donors (Lipinski definition) is 1. The molecule has 1 aliphatic heterocycles. The summed E-state index contributed by atoms with van der Waals surface area (Å²) in [5, 5.41) is 3.13. The summed E-state index contributed by atoms with van der Waals surface area (Å²) in [5.41, 5.74) is 3.02. The number of benzene rings is 2.